The number of thiocarbonyl (C=S) groups is 1. The van der Waals surface area contributed by atoms with Gasteiger partial charge in [-0.15, -0.1) is 0 Å². The first-order chi connectivity index (χ1) is 15.5. The lowest BCUT2D eigenvalue weighted by Crippen LogP contribution is -2.36. The molecule has 0 spiro atoms. The van der Waals surface area contributed by atoms with E-state index in [4.69, 9.17) is 17.0 Å². The molecule has 0 aliphatic heterocycles. The van der Waals surface area contributed by atoms with Crippen molar-refractivity contribution in [3.8, 4) is 5.75 Å². The molecule has 0 saturated carbocycles. The number of anilines is 2. The summed E-state index contributed by atoms with van der Waals surface area (Å²) in [5, 5.41) is 5.79. The average molecular weight is 448 g/mol. The van der Waals surface area contributed by atoms with Crippen LogP contribution in [0.3, 0.4) is 0 Å². The van der Waals surface area contributed by atoms with Gasteiger partial charge in [0.1, 0.15) is 5.75 Å². The fraction of sp³-hybridized carbons (Fsp3) is 0.160. The van der Waals surface area contributed by atoms with Gasteiger partial charge in [-0.25, -0.2) is 0 Å². The van der Waals surface area contributed by atoms with E-state index in [1.54, 1.807) is 48.4 Å². The van der Waals surface area contributed by atoms with Gasteiger partial charge in [-0.1, -0.05) is 42.5 Å². The van der Waals surface area contributed by atoms with Gasteiger partial charge >= 0.3 is 0 Å². The van der Waals surface area contributed by atoms with Crippen LogP contribution < -0.4 is 20.3 Å². The highest BCUT2D eigenvalue weighted by atomic mass is 32.1. The van der Waals surface area contributed by atoms with Crippen molar-refractivity contribution in [1.29, 1.82) is 0 Å². The zero-order valence-corrected chi connectivity index (χ0v) is 18.8. The smallest absolute Gasteiger partial charge is 0.260 e. The van der Waals surface area contributed by atoms with Crippen molar-refractivity contribution in [1.82, 2.24) is 5.32 Å². The van der Waals surface area contributed by atoms with Crippen LogP contribution in [-0.2, 0) is 11.2 Å². The lowest BCUT2D eigenvalue weighted by atomic mass is 10.1. The molecule has 2 amide bonds. The van der Waals surface area contributed by atoms with Gasteiger partial charge in [0.05, 0.1) is 24.8 Å². The van der Waals surface area contributed by atoms with Crippen LogP contribution in [0.2, 0.25) is 0 Å². The summed E-state index contributed by atoms with van der Waals surface area (Å²) in [4.78, 5) is 27.3. The van der Waals surface area contributed by atoms with E-state index in [1.807, 2.05) is 49.4 Å². The quantitative estimate of drug-likeness (QED) is 0.525. The Bertz CT molecular complexity index is 1090. The maximum atomic E-state index is 13.2. The van der Waals surface area contributed by atoms with Gasteiger partial charge in [-0.3, -0.25) is 9.59 Å². The fourth-order valence-corrected chi connectivity index (χ4v) is 3.45. The molecule has 164 valence electrons. The van der Waals surface area contributed by atoms with Gasteiger partial charge in [0, 0.05) is 12.2 Å². The Labute approximate surface area is 193 Å². The minimum absolute atomic E-state index is 0.131. The molecule has 7 heteroatoms. The third-order valence-electron chi connectivity index (χ3n) is 4.81. The van der Waals surface area contributed by atoms with E-state index in [9.17, 15) is 9.59 Å². The van der Waals surface area contributed by atoms with Crippen LogP contribution in [0, 0.1) is 0 Å². The number of nitrogens with zero attached hydrogens (tertiary/aromatic N) is 1. The number of carbonyl (C=O) groups excluding carboxylic acids is 2. The van der Waals surface area contributed by atoms with Crippen LogP contribution in [0.5, 0.6) is 5.75 Å². The third-order valence-corrected chi connectivity index (χ3v) is 5.02. The van der Waals surface area contributed by atoms with Crippen molar-refractivity contribution in [2.45, 2.75) is 13.3 Å². The molecule has 0 atom stereocenters. The van der Waals surface area contributed by atoms with Gasteiger partial charge < -0.3 is 20.3 Å². The molecule has 0 heterocycles. The Morgan fingerprint density at radius 2 is 1.59 bits per heavy atom. The topological polar surface area (TPSA) is 70.7 Å². The van der Waals surface area contributed by atoms with Crippen molar-refractivity contribution in [2.24, 2.45) is 0 Å². The molecule has 0 aliphatic carbocycles. The highest BCUT2D eigenvalue weighted by molar-refractivity contribution is 7.80. The van der Waals surface area contributed by atoms with Gasteiger partial charge in [-0.2, -0.15) is 0 Å². The standard InChI is InChI=1S/C25H25N3O3S/c1-3-28(19-9-5-4-6-10-19)24(30)21-11-7-8-12-22(21)26-25(32)27-23(29)17-18-13-15-20(31-2)16-14-18/h4-16H,3,17H2,1-2H3,(H2,26,27,29,32). The zero-order valence-electron chi connectivity index (χ0n) is 18.0. The number of benzene rings is 3. The predicted molar refractivity (Wildman–Crippen MR) is 131 cm³/mol. The normalized spacial score (nSPS) is 10.2. The molecule has 3 aromatic carbocycles. The van der Waals surface area contributed by atoms with Crippen molar-refractivity contribution in [2.75, 3.05) is 23.9 Å². The molecule has 6 nitrogen and oxygen atoms in total. The van der Waals surface area contributed by atoms with Gasteiger partial charge in [0.25, 0.3) is 5.91 Å². The van der Waals surface area contributed by atoms with Crippen molar-refractivity contribution in [3.05, 3.63) is 90.0 Å². The second kappa shape index (κ2) is 11.1. The van der Waals surface area contributed by atoms with Crippen LogP contribution in [0.4, 0.5) is 11.4 Å². The Kier molecular flexibility index (Phi) is 7.94. The molecule has 0 unspecified atom stereocenters. The van der Waals surface area contributed by atoms with E-state index >= 15 is 0 Å². The number of nitrogens with one attached hydrogen (secondary N) is 2. The summed E-state index contributed by atoms with van der Waals surface area (Å²) < 4.78 is 5.13. The second-order valence-corrected chi connectivity index (χ2v) is 7.37. The summed E-state index contributed by atoms with van der Waals surface area (Å²) in [5.41, 5.74) is 2.64. The molecular formula is C25H25N3O3S. The Morgan fingerprint density at radius 1 is 0.938 bits per heavy atom. The van der Waals surface area contributed by atoms with E-state index in [2.05, 4.69) is 10.6 Å². The second-order valence-electron chi connectivity index (χ2n) is 6.96. The van der Waals surface area contributed by atoms with E-state index in [0.717, 1.165) is 17.0 Å². The number of ether oxygens (including phenoxy) is 1. The highest BCUT2D eigenvalue weighted by Crippen LogP contribution is 2.22. The zero-order chi connectivity index (χ0) is 22.9. The summed E-state index contributed by atoms with van der Waals surface area (Å²) in [7, 11) is 1.59. The predicted octanol–water partition coefficient (Wildman–Crippen LogP) is 4.42. The number of rotatable bonds is 7. The minimum Gasteiger partial charge on any atom is -0.497 e. The molecule has 0 saturated heterocycles. The maximum absolute atomic E-state index is 13.2. The number of methoxy groups -OCH3 is 1. The van der Waals surface area contributed by atoms with Crippen LogP contribution in [0.1, 0.15) is 22.8 Å². The van der Waals surface area contributed by atoms with E-state index in [-0.39, 0.29) is 23.3 Å². The summed E-state index contributed by atoms with van der Waals surface area (Å²) >= 11 is 5.31. The van der Waals surface area contributed by atoms with Crippen molar-refractivity contribution < 1.29 is 14.3 Å². The molecular weight excluding hydrogens is 422 g/mol. The molecule has 0 aromatic heterocycles. The molecule has 2 N–H and O–H groups in total. The molecule has 0 radical (unpaired) electrons. The lowest BCUT2D eigenvalue weighted by Gasteiger charge is -2.23. The molecule has 0 fully saturated rings. The Morgan fingerprint density at radius 3 is 2.25 bits per heavy atom. The first-order valence-corrected chi connectivity index (χ1v) is 10.6. The average Bonchev–Trinajstić information content (AvgIpc) is 2.81. The molecule has 3 rings (SSSR count). The highest BCUT2D eigenvalue weighted by Gasteiger charge is 2.19. The van der Waals surface area contributed by atoms with Crippen LogP contribution in [0.25, 0.3) is 0 Å². The fourth-order valence-electron chi connectivity index (χ4n) is 3.23. The van der Waals surface area contributed by atoms with Gasteiger partial charge in [0.2, 0.25) is 5.91 Å². The minimum atomic E-state index is -0.254. The lowest BCUT2D eigenvalue weighted by molar-refractivity contribution is -0.119. The van der Waals surface area contributed by atoms with Crippen LogP contribution in [0.15, 0.2) is 78.9 Å². The molecule has 0 bridgehead atoms. The first kappa shape index (κ1) is 23.0. The van der Waals surface area contributed by atoms with Crippen LogP contribution in [-0.4, -0.2) is 30.6 Å². The summed E-state index contributed by atoms with van der Waals surface area (Å²) in [6.45, 7) is 2.44. The van der Waals surface area contributed by atoms with E-state index in [0.29, 0.717) is 17.8 Å². The van der Waals surface area contributed by atoms with Crippen LogP contribution >= 0.6 is 12.2 Å². The number of carbonyl (C=O) groups is 2. The van der Waals surface area contributed by atoms with Gasteiger partial charge in [0.15, 0.2) is 5.11 Å². The summed E-state index contributed by atoms with van der Waals surface area (Å²) in [5.74, 6) is 0.314. The monoisotopic (exact) mass is 447 g/mol. The largest absolute Gasteiger partial charge is 0.497 e. The first-order valence-electron chi connectivity index (χ1n) is 10.2. The summed E-state index contributed by atoms with van der Waals surface area (Å²) in [6, 6.07) is 23.8. The van der Waals surface area contributed by atoms with Crippen molar-refractivity contribution >= 4 is 40.5 Å². The molecule has 3 aromatic rings. The number of amides is 2. The SMILES string of the molecule is CCN(C(=O)c1ccccc1NC(=S)NC(=O)Cc1ccc(OC)cc1)c1ccccc1. The Hall–Kier alpha value is -3.71. The third kappa shape index (κ3) is 5.92. The van der Waals surface area contributed by atoms with E-state index in [1.165, 1.54) is 0 Å². The maximum Gasteiger partial charge on any atom is 0.260 e. The summed E-state index contributed by atoms with van der Waals surface area (Å²) in [6.07, 6.45) is 0.171. The van der Waals surface area contributed by atoms with E-state index < -0.39 is 0 Å². The molecule has 32 heavy (non-hydrogen) atoms. The number of hydrogen-bond acceptors (Lipinski definition) is 4. The Balaban J connectivity index is 1.67. The number of para-hydroxylation sites is 2. The number of hydrogen-bond donors (Lipinski definition) is 2. The van der Waals surface area contributed by atoms with Crippen molar-refractivity contribution in [3.63, 3.8) is 0 Å². The van der Waals surface area contributed by atoms with Gasteiger partial charge in [-0.05, 0) is 61.1 Å². The molecule has 0 aliphatic rings.